The van der Waals surface area contributed by atoms with Gasteiger partial charge in [0.05, 0.1) is 12.6 Å². The molecule has 2 aromatic carbocycles. The SMILES string of the molecule is COc1ccc(CN2CCCN(S(=O)(=O)c3cccc4cc(C)cnc34)CC2)cc1. The molecule has 0 amide bonds. The quantitative estimate of drug-likeness (QED) is 0.627. The average Bonchev–Trinajstić information content (AvgIpc) is 3.00. The van der Waals surface area contributed by atoms with Crippen LogP contribution in [0.15, 0.2) is 59.6 Å². The molecule has 0 unspecified atom stereocenters. The van der Waals surface area contributed by atoms with Crippen LogP contribution in [0.4, 0.5) is 0 Å². The third kappa shape index (κ3) is 4.33. The summed E-state index contributed by atoms with van der Waals surface area (Å²) in [6.07, 6.45) is 2.52. The van der Waals surface area contributed by atoms with Crippen LogP contribution >= 0.6 is 0 Å². The number of nitrogens with zero attached hydrogens (tertiary/aromatic N) is 3. The van der Waals surface area contributed by atoms with Crippen LogP contribution in [0.3, 0.4) is 0 Å². The van der Waals surface area contributed by atoms with E-state index in [0.717, 1.165) is 36.2 Å². The second-order valence-electron chi connectivity index (χ2n) is 7.72. The Morgan fingerprint density at radius 2 is 1.83 bits per heavy atom. The predicted molar refractivity (Wildman–Crippen MR) is 118 cm³/mol. The number of benzene rings is 2. The van der Waals surface area contributed by atoms with Gasteiger partial charge in [-0.1, -0.05) is 24.3 Å². The van der Waals surface area contributed by atoms with Gasteiger partial charge in [-0.05, 0) is 55.3 Å². The molecule has 7 heteroatoms. The van der Waals surface area contributed by atoms with E-state index >= 15 is 0 Å². The Morgan fingerprint density at radius 1 is 1.03 bits per heavy atom. The monoisotopic (exact) mass is 425 g/mol. The molecular weight excluding hydrogens is 398 g/mol. The van der Waals surface area contributed by atoms with Crippen molar-refractivity contribution in [2.24, 2.45) is 0 Å². The molecule has 6 nitrogen and oxygen atoms in total. The number of methoxy groups -OCH3 is 1. The number of aryl methyl sites for hydroxylation is 1. The predicted octanol–water partition coefficient (Wildman–Crippen LogP) is 3.45. The highest BCUT2D eigenvalue weighted by Gasteiger charge is 2.28. The van der Waals surface area contributed by atoms with Crippen molar-refractivity contribution in [3.8, 4) is 5.75 Å². The minimum atomic E-state index is -3.60. The molecule has 4 rings (SSSR count). The Kier molecular flexibility index (Phi) is 6.04. The van der Waals surface area contributed by atoms with Gasteiger partial charge in [0.15, 0.2) is 0 Å². The van der Waals surface area contributed by atoms with E-state index in [1.807, 2.05) is 31.2 Å². The van der Waals surface area contributed by atoms with Gasteiger partial charge < -0.3 is 4.74 Å². The van der Waals surface area contributed by atoms with E-state index in [-0.39, 0.29) is 0 Å². The van der Waals surface area contributed by atoms with Crippen LogP contribution in [0, 0.1) is 6.92 Å². The molecule has 1 aromatic heterocycles. The number of sulfonamides is 1. The molecule has 1 aliphatic rings. The number of hydrogen-bond acceptors (Lipinski definition) is 5. The van der Waals surface area contributed by atoms with Crippen LogP contribution in [0.25, 0.3) is 10.9 Å². The van der Waals surface area contributed by atoms with E-state index in [1.54, 1.807) is 29.7 Å². The number of hydrogen-bond donors (Lipinski definition) is 0. The third-order valence-corrected chi connectivity index (χ3v) is 7.47. The molecule has 0 bridgehead atoms. The smallest absolute Gasteiger partial charge is 0.245 e. The van der Waals surface area contributed by atoms with Gasteiger partial charge in [-0.3, -0.25) is 9.88 Å². The van der Waals surface area contributed by atoms with E-state index in [4.69, 9.17) is 4.74 Å². The molecule has 1 aliphatic heterocycles. The number of ether oxygens (including phenoxy) is 1. The van der Waals surface area contributed by atoms with E-state index in [9.17, 15) is 8.42 Å². The van der Waals surface area contributed by atoms with Crippen LogP contribution in [0.5, 0.6) is 5.75 Å². The van der Waals surface area contributed by atoms with Crippen molar-refractivity contribution >= 4 is 20.9 Å². The molecule has 30 heavy (non-hydrogen) atoms. The van der Waals surface area contributed by atoms with Crippen molar-refractivity contribution in [1.82, 2.24) is 14.2 Å². The van der Waals surface area contributed by atoms with Gasteiger partial charge in [-0.2, -0.15) is 4.31 Å². The summed E-state index contributed by atoms with van der Waals surface area (Å²) in [5.41, 5.74) is 2.75. The number of fused-ring (bicyclic) bond motifs is 1. The Labute approximate surface area is 178 Å². The number of aromatic nitrogens is 1. The molecule has 0 saturated carbocycles. The first-order chi connectivity index (χ1) is 14.5. The lowest BCUT2D eigenvalue weighted by molar-refractivity contribution is 0.278. The second-order valence-corrected chi connectivity index (χ2v) is 9.63. The van der Waals surface area contributed by atoms with Gasteiger partial charge in [0.2, 0.25) is 10.0 Å². The molecule has 2 heterocycles. The summed E-state index contributed by atoms with van der Waals surface area (Å²) in [5, 5.41) is 0.854. The first-order valence-corrected chi connectivity index (χ1v) is 11.6. The lowest BCUT2D eigenvalue weighted by Gasteiger charge is -2.22. The number of pyridine rings is 1. The zero-order valence-electron chi connectivity index (χ0n) is 17.4. The lowest BCUT2D eigenvalue weighted by atomic mass is 10.2. The largest absolute Gasteiger partial charge is 0.497 e. The fourth-order valence-corrected chi connectivity index (χ4v) is 5.56. The van der Waals surface area contributed by atoms with Gasteiger partial charge in [0.1, 0.15) is 10.6 Å². The number of rotatable bonds is 5. The van der Waals surface area contributed by atoms with Crippen molar-refractivity contribution in [2.45, 2.75) is 24.8 Å². The Morgan fingerprint density at radius 3 is 2.60 bits per heavy atom. The van der Waals surface area contributed by atoms with Gasteiger partial charge in [0, 0.05) is 37.8 Å². The molecule has 0 atom stereocenters. The lowest BCUT2D eigenvalue weighted by Crippen LogP contribution is -2.35. The zero-order valence-corrected chi connectivity index (χ0v) is 18.2. The molecule has 0 aliphatic carbocycles. The van der Waals surface area contributed by atoms with Crippen LogP contribution in [0.1, 0.15) is 17.5 Å². The first kappa shape index (κ1) is 20.8. The summed E-state index contributed by atoms with van der Waals surface area (Å²) in [5.74, 6) is 0.839. The van der Waals surface area contributed by atoms with Crippen molar-refractivity contribution < 1.29 is 13.2 Å². The average molecular weight is 426 g/mol. The molecule has 0 N–H and O–H groups in total. The van der Waals surface area contributed by atoms with E-state index in [0.29, 0.717) is 30.0 Å². The summed E-state index contributed by atoms with van der Waals surface area (Å²) >= 11 is 0. The zero-order chi connectivity index (χ0) is 21.1. The maximum absolute atomic E-state index is 13.4. The Balaban J connectivity index is 1.51. The van der Waals surface area contributed by atoms with E-state index in [2.05, 4.69) is 22.0 Å². The first-order valence-electron chi connectivity index (χ1n) is 10.2. The standard InChI is InChI=1S/C23H27N3O3S/c1-18-15-20-5-3-6-22(23(20)24-16-18)30(27,28)26-12-4-11-25(13-14-26)17-19-7-9-21(29-2)10-8-19/h3,5-10,15-16H,4,11-14,17H2,1-2H3. The Bertz CT molecular complexity index is 1130. The van der Waals surface area contributed by atoms with Crippen molar-refractivity contribution in [3.63, 3.8) is 0 Å². The summed E-state index contributed by atoms with van der Waals surface area (Å²) in [6.45, 7) is 5.31. The molecule has 0 radical (unpaired) electrons. The molecular formula is C23H27N3O3S. The van der Waals surface area contributed by atoms with Crippen LogP contribution in [-0.2, 0) is 16.6 Å². The number of para-hydroxylation sites is 1. The fraction of sp³-hybridized carbons (Fsp3) is 0.348. The van der Waals surface area contributed by atoms with Gasteiger partial charge in [-0.25, -0.2) is 8.42 Å². The second kappa shape index (κ2) is 8.71. The highest BCUT2D eigenvalue weighted by molar-refractivity contribution is 7.89. The topological polar surface area (TPSA) is 62.7 Å². The highest BCUT2D eigenvalue weighted by atomic mass is 32.2. The van der Waals surface area contributed by atoms with E-state index in [1.165, 1.54) is 5.56 Å². The minimum Gasteiger partial charge on any atom is -0.497 e. The van der Waals surface area contributed by atoms with Crippen molar-refractivity contribution in [3.05, 3.63) is 65.9 Å². The molecule has 158 valence electrons. The third-order valence-electron chi connectivity index (χ3n) is 5.54. The summed E-state index contributed by atoms with van der Waals surface area (Å²) < 4.78 is 33.7. The van der Waals surface area contributed by atoms with E-state index < -0.39 is 10.0 Å². The minimum absolute atomic E-state index is 0.295. The molecule has 0 spiro atoms. The molecule has 1 saturated heterocycles. The van der Waals surface area contributed by atoms with Gasteiger partial charge in [-0.15, -0.1) is 0 Å². The molecule has 1 fully saturated rings. The Hall–Kier alpha value is -2.48. The van der Waals surface area contributed by atoms with Crippen LogP contribution < -0.4 is 4.74 Å². The molecule has 3 aromatic rings. The highest BCUT2D eigenvalue weighted by Crippen LogP contribution is 2.26. The normalized spacial score (nSPS) is 16.5. The van der Waals surface area contributed by atoms with Crippen molar-refractivity contribution in [2.75, 3.05) is 33.3 Å². The van der Waals surface area contributed by atoms with Crippen LogP contribution in [-0.4, -0.2) is 55.9 Å². The summed E-state index contributed by atoms with van der Waals surface area (Å²) in [7, 11) is -1.94. The summed E-state index contributed by atoms with van der Waals surface area (Å²) in [4.78, 5) is 7.03. The van der Waals surface area contributed by atoms with Gasteiger partial charge in [0.25, 0.3) is 0 Å². The maximum Gasteiger partial charge on any atom is 0.245 e. The maximum atomic E-state index is 13.4. The van der Waals surface area contributed by atoms with Crippen LogP contribution in [0.2, 0.25) is 0 Å². The van der Waals surface area contributed by atoms with Gasteiger partial charge >= 0.3 is 0 Å². The summed E-state index contributed by atoms with van der Waals surface area (Å²) in [6, 6.07) is 15.4. The fourth-order valence-electron chi connectivity index (χ4n) is 3.92. The van der Waals surface area contributed by atoms with Crippen molar-refractivity contribution in [1.29, 1.82) is 0 Å².